The fourth-order valence-corrected chi connectivity index (χ4v) is 3.68. The van der Waals surface area contributed by atoms with Gasteiger partial charge in [0.05, 0.1) is 12.2 Å². The molecule has 0 radical (unpaired) electrons. The number of aliphatic hydroxyl groups excluding tert-OH is 2. The zero-order chi connectivity index (χ0) is 25.2. The molecule has 0 fully saturated rings. The fraction of sp³-hybridized carbons (Fsp3) is 0.308. The van der Waals surface area contributed by atoms with Crippen LogP contribution in [0.2, 0.25) is 5.02 Å². The summed E-state index contributed by atoms with van der Waals surface area (Å²) in [5, 5.41) is 23.9. The zero-order valence-corrected chi connectivity index (χ0v) is 20.2. The van der Waals surface area contributed by atoms with Crippen molar-refractivity contribution in [2.45, 2.75) is 45.1 Å². The van der Waals surface area contributed by atoms with Crippen LogP contribution in [-0.2, 0) is 22.7 Å². The number of aromatic nitrogens is 2. The number of hydrogen-bond acceptors (Lipinski definition) is 6. The third-order valence-electron chi connectivity index (χ3n) is 5.46. The molecular weight excluding hydrogens is 468 g/mol. The molecule has 9 heteroatoms. The number of pyridine rings is 2. The molecule has 2 amide bonds. The van der Waals surface area contributed by atoms with Gasteiger partial charge in [0.2, 0.25) is 0 Å². The van der Waals surface area contributed by atoms with E-state index in [1.807, 2.05) is 31.2 Å². The molecule has 2 unspecified atom stereocenters. The topological polar surface area (TPSA) is 116 Å². The summed E-state index contributed by atoms with van der Waals surface area (Å²) in [7, 11) is 0. The molecule has 0 aliphatic carbocycles. The van der Waals surface area contributed by atoms with Gasteiger partial charge in [0.25, 0.3) is 11.8 Å². The lowest BCUT2D eigenvalue weighted by Crippen LogP contribution is -2.50. The van der Waals surface area contributed by atoms with Crippen LogP contribution in [0.1, 0.15) is 31.0 Å². The van der Waals surface area contributed by atoms with Gasteiger partial charge in [-0.25, -0.2) is 0 Å². The minimum absolute atomic E-state index is 0.0372. The maximum atomic E-state index is 12.9. The normalized spacial score (nSPS) is 12.6. The van der Waals surface area contributed by atoms with Crippen molar-refractivity contribution < 1.29 is 19.8 Å². The van der Waals surface area contributed by atoms with E-state index < -0.39 is 24.0 Å². The Balaban J connectivity index is 1.58. The molecule has 0 bridgehead atoms. The molecule has 2 aromatic heterocycles. The van der Waals surface area contributed by atoms with Crippen LogP contribution in [0.4, 0.5) is 0 Å². The minimum Gasteiger partial charge on any atom is -0.380 e. The van der Waals surface area contributed by atoms with E-state index >= 15 is 0 Å². The number of carbonyl (C=O) groups excluding carboxylic acids is 2. The maximum Gasteiger partial charge on any atom is 0.254 e. The van der Waals surface area contributed by atoms with Crippen molar-refractivity contribution in [1.29, 1.82) is 0 Å². The van der Waals surface area contributed by atoms with Gasteiger partial charge in [0, 0.05) is 42.3 Å². The molecule has 8 nitrogen and oxygen atoms in total. The van der Waals surface area contributed by atoms with Gasteiger partial charge in [-0.05, 0) is 47.9 Å². The van der Waals surface area contributed by atoms with Crippen LogP contribution in [0, 0.1) is 0 Å². The second-order valence-corrected chi connectivity index (χ2v) is 8.56. The van der Waals surface area contributed by atoms with E-state index in [-0.39, 0.29) is 13.1 Å². The van der Waals surface area contributed by atoms with Crippen molar-refractivity contribution in [2.24, 2.45) is 0 Å². The average Bonchev–Trinajstić information content (AvgIpc) is 2.89. The Morgan fingerprint density at radius 3 is 2.49 bits per heavy atom. The number of nitrogens with zero attached hydrogens (tertiary/aromatic N) is 3. The highest BCUT2D eigenvalue weighted by atomic mass is 35.5. The number of hydrogen-bond donors (Lipinski definition) is 3. The van der Waals surface area contributed by atoms with Gasteiger partial charge in [0.15, 0.2) is 12.2 Å². The predicted molar refractivity (Wildman–Crippen MR) is 133 cm³/mol. The number of benzene rings is 1. The number of unbranched alkanes of at least 4 members (excludes halogenated alkanes) is 1. The van der Waals surface area contributed by atoms with Crippen molar-refractivity contribution in [2.75, 3.05) is 6.54 Å². The smallest absolute Gasteiger partial charge is 0.254 e. The molecule has 1 aromatic carbocycles. The van der Waals surface area contributed by atoms with Crippen molar-refractivity contribution in [3.05, 3.63) is 83.4 Å². The summed E-state index contributed by atoms with van der Waals surface area (Å²) in [6.07, 6.45) is 2.79. The first kappa shape index (κ1) is 26.3. The maximum absolute atomic E-state index is 12.9. The molecule has 3 N–H and O–H groups in total. The molecule has 0 spiro atoms. The van der Waals surface area contributed by atoms with Gasteiger partial charge in [0.1, 0.15) is 0 Å². The van der Waals surface area contributed by atoms with Crippen molar-refractivity contribution >= 4 is 23.4 Å². The molecule has 0 saturated heterocycles. The van der Waals surface area contributed by atoms with E-state index in [0.29, 0.717) is 23.7 Å². The van der Waals surface area contributed by atoms with E-state index in [2.05, 4.69) is 15.3 Å². The Morgan fingerprint density at radius 1 is 1.06 bits per heavy atom. The molecule has 184 valence electrons. The summed E-state index contributed by atoms with van der Waals surface area (Å²) in [6.45, 7) is 2.60. The summed E-state index contributed by atoms with van der Waals surface area (Å²) in [5.41, 5.74) is 3.21. The van der Waals surface area contributed by atoms with Crippen LogP contribution in [0.5, 0.6) is 0 Å². The number of nitrogens with one attached hydrogen (secondary N) is 1. The third kappa shape index (κ3) is 7.58. The second-order valence-electron chi connectivity index (χ2n) is 8.12. The number of halogens is 1. The summed E-state index contributed by atoms with van der Waals surface area (Å²) in [6, 6.07) is 14.4. The Labute approximate surface area is 209 Å². The molecule has 3 aromatic rings. The third-order valence-corrected chi connectivity index (χ3v) is 5.69. The fourth-order valence-electron chi connectivity index (χ4n) is 3.46. The average molecular weight is 497 g/mol. The van der Waals surface area contributed by atoms with Crippen molar-refractivity contribution in [3.63, 3.8) is 0 Å². The number of rotatable bonds is 11. The monoisotopic (exact) mass is 496 g/mol. The largest absolute Gasteiger partial charge is 0.380 e. The first-order valence-electron chi connectivity index (χ1n) is 11.4. The van der Waals surface area contributed by atoms with Gasteiger partial charge in [-0.15, -0.1) is 0 Å². The van der Waals surface area contributed by atoms with Gasteiger partial charge < -0.3 is 20.4 Å². The van der Waals surface area contributed by atoms with E-state index in [0.717, 1.165) is 23.1 Å². The highest BCUT2D eigenvalue weighted by Crippen LogP contribution is 2.17. The lowest BCUT2D eigenvalue weighted by molar-refractivity contribution is -0.153. The standard InChI is InChI=1S/C26H29ClN4O4/c1-2-3-13-31(17-18-5-4-6-21(27)14-18)26(35)24(33)23(32)25(34)30-16-22-8-7-20(15-29-22)19-9-11-28-12-10-19/h4-12,14-15,23-24,32-33H,2-3,13,16-17H2,1H3,(H,30,34). The quantitative estimate of drug-likeness (QED) is 0.376. The molecular formula is C26H29ClN4O4. The van der Waals surface area contributed by atoms with Crippen molar-refractivity contribution in [3.8, 4) is 11.1 Å². The van der Waals surface area contributed by atoms with Gasteiger partial charge in [-0.3, -0.25) is 19.6 Å². The minimum atomic E-state index is -1.91. The summed E-state index contributed by atoms with van der Waals surface area (Å²) < 4.78 is 0. The lowest BCUT2D eigenvalue weighted by Gasteiger charge is -2.27. The molecule has 2 atom stereocenters. The molecule has 0 aliphatic rings. The van der Waals surface area contributed by atoms with Crippen LogP contribution in [-0.4, -0.2) is 55.6 Å². The first-order valence-corrected chi connectivity index (χ1v) is 11.8. The summed E-state index contributed by atoms with van der Waals surface area (Å²) in [5.74, 6) is -1.58. The summed E-state index contributed by atoms with van der Waals surface area (Å²) in [4.78, 5) is 35.1. The van der Waals surface area contributed by atoms with Gasteiger partial charge >= 0.3 is 0 Å². The molecule has 3 rings (SSSR count). The molecule has 2 heterocycles. The van der Waals surface area contributed by atoms with Crippen LogP contribution in [0.3, 0.4) is 0 Å². The Bertz CT molecular complexity index is 1110. The Hall–Kier alpha value is -3.33. The Kier molecular flexibility index (Phi) is 9.72. The SMILES string of the molecule is CCCCN(Cc1cccc(Cl)c1)C(=O)C(O)C(O)C(=O)NCc1ccc(-c2ccncc2)cn1. The van der Waals surface area contributed by atoms with Gasteiger partial charge in [-0.1, -0.05) is 43.1 Å². The highest BCUT2D eigenvalue weighted by molar-refractivity contribution is 6.30. The van der Waals surface area contributed by atoms with Crippen LogP contribution in [0.25, 0.3) is 11.1 Å². The number of aliphatic hydroxyl groups is 2. The zero-order valence-electron chi connectivity index (χ0n) is 19.5. The second kappa shape index (κ2) is 12.9. The molecule has 35 heavy (non-hydrogen) atoms. The van der Waals surface area contributed by atoms with E-state index in [1.54, 1.807) is 42.9 Å². The lowest BCUT2D eigenvalue weighted by atomic mass is 10.1. The predicted octanol–water partition coefficient (Wildman–Crippen LogP) is 2.96. The van der Waals surface area contributed by atoms with Gasteiger partial charge in [-0.2, -0.15) is 0 Å². The van der Waals surface area contributed by atoms with Crippen molar-refractivity contribution in [1.82, 2.24) is 20.2 Å². The van der Waals surface area contributed by atoms with E-state index in [9.17, 15) is 19.8 Å². The van der Waals surface area contributed by atoms with Crippen LogP contribution in [0.15, 0.2) is 67.1 Å². The van der Waals surface area contributed by atoms with E-state index in [4.69, 9.17) is 11.6 Å². The van der Waals surface area contributed by atoms with E-state index in [1.165, 1.54) is 4.90 Å². The van der Waals surface area contributed by atoms with Crippen LogP contribution >= 0.6 is 11.6 Å². The Morgan fingerprint density at radius 2 is 1.83 bits per heavy atom. The molecule has 0 aliphatic heterocycles. The molecule has 0 saturated carbocycles. The summed E-state index contributed by atoms with van der Waals surface area (Å²) >= 11 is 6.04. The first-order chi connectivity index (χ1) is 16.9. The highest BCUT2D eigenvalue weighted by Gasteiger charge is 2.33. The number of amides is 2. The van der Waals surface area contributed by atoms with Crippen LogP contribution < -0.4 is 5.32 Å². The number of carbonyl (C=O) groups is 2.